The Morgan fingerprint density at radius 2 is 1.82 bits per heavy atom. The highest BCUT2D eigenvalue weighted by Crippen LogP contribution is 2.47. The van der Waals surface area contributed by atoms with Gasteiger partial charge in [-0.1, -0.05) is 37.5 Å². The van der Waals surface area contributed by atoms with Gasteiger partial charge in [-0.2, -0.15) is 0 Å². The Morgan fingerprint density at radius 3 is 2.52 bits per heavy atom. The number of hydrogen-bond donors (Lipinski definition) is 2. The standard InChI is InChI=1S/C36H50N4O4/c1-36(2,3)44-35(42)25-12-14-30-31(22-25)40-23-27(34(41)38-17-19-39(5)18-16-37-4)20-26-21-28(43-6)13-15-29(26)33(40)32(30)24-10-8-7-9-11-24/h12-15,20-22,24,26,29,37H,7-11,16-19,23H2,1-6H3,(H,38,41)/t26-,29?/m0/s1. The number of methoxy groups -OCH3 is 1. The number of ether oxygens (including phenoxy) is 2. The van der Waals surface area contributed by atoms with E-state index in [0.29, 0.717) is 24.6 Å². The maximum Gasteiger partial charge on any atom is 0.338 e. The van der Waals surface area contributed by atoms with E-state index < -0.39 is 5.60 Å². The van der Waals surface area contributed by atoms with Gasteiger partial charge in [0.15, 0.2) is 0 Å². The molecule has 44 heavy (non-hydrogen) atoms. The van der Waals surface area contributed by atoms with Gasteiger partial charge < -0.3 is 29.6 Å². The van der Waals surface area contributed by atoms with E-state index in [1.807, 2.05) is 40.0 Å². The molecule has 0 bridgehead atoms. The molecule has 0 saturated heterocycles. The monoisotopic (exact) mass is 602 g/mol. The first-order valence-electron chi connectivity index (χ1n) is 16.2. The normalized spacial score (nSPS) is 20.4. The molecule has 1 saturated carbocycles. The minimum absolute atomic E-state index is 0.0211. The van der Waals surface area contributed by atoms with Gasteiger partial charge >= 0.3 is 5.97 Å². The second kappa shape index (κ2) is 13.7. The van der Waals surface area contributed by atoms with Crippen molar-refractivity contribution in [3.05, 3.63) is 70.7 Å². The van der Waals surface area contributed by atoms with Gasteiger partial charge in [-0.3, -0.25) is 4.79 Å². The van der Waals surface area contributed by atoms with E-state index in [0.717, 1.165) is 49.3 Å². The largest absolute Gasteiger partial charge is 0.497 e. The highest BCUT2D eigenvalue weighted by molar-refractivity contribution is 5.98. The fraction of sp³-hybridized carbons (Fsp3) is 0.556. The van der Waals surface area contributed by atoms with Crippen LogP contribution >= 0.6 is 0 Å². The molecule has 1 amide bonds. The summed E-state index contributed by atoms with van der Waals surface area (Å²) in [5.41, 5.74) is 4.30. The van der Waals surface area contributed by atoms with Crippen LogP contribution in [-0.4, -0.2) is 74.3 Å². The van der Waals surface area contributed by atoms with Crippen LogP contribution < -0.4 is 10.6 Å². The predicted molar refractivity (Wildman–Crippen MR) is 176 cm³/mol. The number of carbonyl (C=O) groups excluding carboxylic acids is 2. The molecule has 5 rings (SSSR count). The summed E-state index contributed by atoms with van der Waals surface area (Å²) in [4.78, 5) is 29.2. The molecule has 3 aliphatic rings. The Kier molecular flexibility index (Phi) is 10.0. The van der Waals surface area contributed by atoms with Crippen molar-refractivity contribution in [2.45, 2.75) is 76.9 Å². The fourth-order valence-corrected chi connectivity index (χ4v) is 6.94. The smallest absolute Gasteiger partial charge is 0.338 e. The molecule has 1 fully saturated rings. The van der Waals surface area contributed by atoms with Crippen LogP contribution in [0.1, 0.15) is 86.3 Å². The van der Waals surface area contributed by atoms with Crippen LogP contribution in [0, 0.1) is 5.92 Å². The summed E-state index contributed by atoms with van der Waals surface area (Å²) in [6, 6.07) is 6.01. The lowest BCUT2D eigenvalue weighted by Crippen LogP contribution is -2.36. The predicted octanol–water partition coefficient (Wildman–Crippen LogP) is 5.65. The highest BCUT2D eigenvalue weighted by Gasteiger charge is 2.36. The Hall–Kier alpha value is -3.36. The molecule has 2 aliphatic carbocycles. The molecule has 1 unspecified atom stereocenters. The Labute approximate surface area is 262 Å². The van der Waals surface area contributed by atoms with Crippen LogP contribution in [0.4, 0.5) is 0 Å². The lowest BCUT2D eigenvalue weighted by atomic mass is 9.77. The topological polar surface area (TPSA) is 84.8 Å². The van der Waals surface area contributed by atoms with Crippen LogP contribution in [0.5, 0.6) is 0 Å². The van der Waals surface area contributed by atoms with Crippen molar-refractivity contribution >= 4 is 22.8 Å². The lowest BCUT2D eigenvalue weighted by Gasteiger charge is -2.28. The first-order valence-corrected chi connectivity index (χ1v) is 16.2. The Bertz CT molecular complexity index is 1450. The number of hydrogen-bond acceptors (Lipinski definition) is 6. The van der Waals surface area contributed by atoms with Crippen molar-refractivity contribution in [2.75, 3.05) is 47.4 Å². The molecule has 8 heteroatoms. The quantitative estimate of drug-likeness (QED) is 0.342. The van der Waals surface area contributed by atoms with Gasteiger partial charge in [0, 0.05) is 60.2 Å². The molecule has 0 radical (unpaired) electrons. The summed E-state index contributed by atoms with van der Waals surface area (Å²) >= 11 is 0. The number of allylic oxidation sites excluding steroid dienone is 4. The summed E-state index contributed by atoms with van der Waals surface area (Å²) in [5.74, 6) is 0.907. The van der Waals surface area contributed by atoms with Crippen LogP contribution in [0.25, 0.3) is 10.9 Å². The van der Waals surface area contributed by atoms with Gasteiger partial charge in [0.1, 0.15) is 11.4 Å². The molecule has 2 N–H and O–H groups in total. The number of aromatic nitrogens is 1. The third-order valence-electron chi connectivity index (χ3n) is 9.12. The molecule has 238 valence electrons. The van der Waals surface area contributed by atoms with Crippen molar-refractivity contribution in [3.63, 3.8) is 0 Å². The van der Waals surface area contributed by atoms with Gasteiger partial charge in [0.05, 0.1) is 19.2 Å². The Morgan fingerprint density at radius 1 is 1.07 bits per heavy atom. The molecule has 2 heterocycles. The third kappa shape index (κ3) is 7.13. The first kappa shape index (κ1) is 32.0. The molecule has 8 nitrogen and oxygen atoms in total. The van der Waals surface area contributed by atoms with E-state index in [1.165, 1.54) is 35.9 Å². The van der Waals surface area contributed by atoms with Crippen molar-refractivity contribution in [1.29, 1.82) is 0 Å². The minimum Gasteiger partial charge on any atom is -0.497 e. The average molecular weight is 603 g/mol. The summed E-state index contributed by atoms with van der Waals surface area (Å²) in [5, 5.41) is 7.54. The van der Waals surface area contributed by atoms with Crippen LogP contribution in [0.2, 0.25) is 0 Å². The molecule has 1 aromatic carbocycles. The van der Waals surface area contributed by atoms with E-state index in [-0.39, 0.29) is 23.7 Å². The number of amides is 1. The van der Waals surface area contributed by atoms with E-state index in [9.17, 15) is 9.59 Å². The number of benzene rings is 1. The second-order valence-electron chi connectivity index (χ2n) is 13.5. The van der Waals surface area contributed by atoms with E-state index in [1.54, 1.807) is 7.11 Å². The number of nitrogens with zero attached hydrogens (tertiary/aromatic N) is 2. The zero-order chi connectivity index (χ0) is 31.4. The SMILES string of the molecule is CNCCN(C)CCNC(=O)C1=C[C@H]2C=C(OC)C=CC2c2c(C3CCCCC3)c3ccc(C(=O)OC(C)(C)C)cc3n2C1. The van der Waals surface area contributed by atoms with Gasteiger partial charge in [-0.25, -0.2) is 4.79 Å². The van der Waals surface area contributed by atoms with E-state index in [4.69, 9.17) is 9.47 Å². The molecule has 2 aromatic rings. The number of rotatable bonds is 10. The van der Waals surface area contributed by atoms with Crippen LogP contribution in [0.3, 0.4) is 0 Å². The number of fused-ring (bicyclic) bond motifs is 5. The van der Waals surface area contributed by atoms with Crippen molar-refractivity contribution < 1.29 is 19.1 Å². The van der Waals surface area contributed by atoms with Crippen molar-refractivity contribution in [2.24, 2.45) is 5.92 Å². The summed E-state index contributed by atoms with van der Waals surface area (Å²) < 4.78 is 13.7. The van der Waals surface area contributed by atoms with Gasteiger partial charge in [-0.05, 0) is 83.5 Å². The molecule has 1 aliphatic heterocycles. The average Bonchev–Trinajstić information content (AvgIpc) is 3.21. The Balaban J connectivity index is 1.58. The second-order valence-corrected chi connectivity index (χ2v) is 13.5. The van der Waals surface area contributed by atoms with Gasteiger partial charge in [0.2, 0.25) is 5.91 Å². The van der Waals surface area contributed by atoms with Crippen molar-refractivity contribution in [1.82, 2.24) is 20.1 Å². The third-order valence-corrected chi connectivity index (χ3v) is 9.12. The molecule has 0 spiro atoms. The summed E-state index contributed by atoms with van der Waals surface area (Å²) in [6.45, 7) is 9.26. The van der Waals surface area contributed by atoms with E-state index >= 15 is 0 Å². The molecule has 1 aromatic heterocycles. The van der Waals surface area contributed by atoms with E-state index in [2.05, 4.69) is 57.5 Å². The number of likely N-dealkylation sites (N-methyl/N-ethyl adjacent to an activating group) is 2. The van der Waals surface area contributed by atoms with Crippen LogP contribution in [0.15, 0.2) is 53.8 Å². The fourth-order valence-electron chi connectivity index (χ4n) is 6.94. The molecular weight excluding hydrogens is 552 g/mol. The lowest BCUT2D eigenvalue weighted by molar-refractivity contribution is -0.117. The van der Waals surface area contributed by atoms with Gasteiger partial charge in [0.25, 0.3) is 0 Å². The van der Waals surface area contributed by atoms with Crippen molar-refractivity contribution in [3.8, 4) is 0 Å². The summed E-state index contributed by atoms with van der Waals surface area (Å²) in [7, 11) is 5.70. The zero-order valence-electron chi connectivity index (χ0n) is 27.4. The minimum atomic E-state index is -0.587. The molecule has 2 atom stereocenters. The molecular formula is C36H50N4O4. The highest BCUT2D eigenvalue weighted by atomic mass is 16.6. The number of carbonyl (C=O) groups is 2. The maximum atomic E-state index is 13.8. The number of nitrogens with one attached hydrogen (secondary N) is 2. The zero-order valence-corrected chi connectivity index (χ0v) is 27.4. The number of esters is 1. The maximum absolute atomic E-state index is 13.8. The summed E-state index contributed by atoms with van der Waals surface area (Å²) in [6.07, 6.45) is 14.6. The van der Waals surface area contributed by atoms with Gasteiger partial charge in [-0.15, -0.1) is 0 Å². The first-order chi connectivity index (χ1) is 21.1. The van der Waals surface area contributed by atoms with Crippen LogP contribution in [-0.2, 0) is 20.8 Å².